The maximum atomic E-state index is 2.91. The minimum absolute atomic E-state index is 1.05. The number of H-pyrrole nitrogens is 1. The molecule has 0 aromatic carbocycles. The topological polar surface area (TPSA) is 15.8 Å². The van der Waals surface area contributed by atoms with E-state index in [4.69, 9.17) is 0 Å². The molecule has 0 aliphatic heterocycles. The fourth-order valence-electron chi connectivity index (χ4n) is 0.546. The van der Waals surface area contributed by atoms with Gasteiger partial charge in [-0.25, -0.2) is 0 Å². The lowest BCUT2D eigenvalue weighted by Gasteiger charge is -1.69. The SMILES string of the molecule is CC#Cc1cc[nH]c1. The summed E-state index contributed by atoms with van der Waals surface area (Å²) in [7, 11) is 0. The van der Waals surface area contributed by atoms with E-state index in [1.807, 2.05) is 25.4 Å². The summed E-state index contributed by atoms with van der Waals surface area (Å²) in [5.41, 5.74) is 1.05. The lowest BCUT2D eigenvalue weighted by molar-refractivity contribution is 1.41. The van der Waals surface area contributed by atoms with Crippen molar-refractivity contribution in [3.63, 3.8) is 0 Å². The Kier molecular flexibility index (Phi) is 1.39. The zero-order chi connectivity index (χ0) is 5.82. The van der Waals surface area contributed by atoms with Gasteiger partial charge in [0.15, 0.2) is 0 Å². The summed E-state index contributed by atoms with van der Waals surface area (Å²) in [5, 5.41) is 0. The molecule has 0 bridgehead atoms. The van der Waals surface area contributed by atoms with Gasteiger partial charge < -0.3 is 4.98 Å². The van der Waals surface area contributed by atoms with Gasteiger partial charge in [-0.1, -0.05) is 5.92 Å². The van der Waals surface area contributed by atoms with Crippen molar-refractivity contribution in [3.8, 4) is 11.8 Å². The van der Waals surface area contributed by atoms with Crippen LogP contribution in [0.4, 0.5) is 0 Å². The fourth-order valence-corrected chi connectivity index (χ4v) is 0.546. The number of hydrogen-bond acceptors (Lipinski definition) is 0. The summed E-state index contributed by atoms with van der Waals surface area (Å²) >= 11 is 0. The first-order valence-electron chi connectivity index (χ1n) is 2.49. The quantitative estimate of drug-likeness (QED) is 0.480. The minimum Gasteiger partial charge on any atom is -0.367 e. The van der Waals surface area contributed by atoms with Crippen LogP contribution in [0.2, 0.25) is 0 Å². The van der Waals surface area contributed by atoms with Crippen LogP contribution in [0.25, 0.3) is 0 Å². The van der Waals surface area contributed by atoms with Gasteiger partial charge in [0.05, 0.1) is 0 Å². The molecule has 8 heavy (non-hydrogen) atoms. The molecule has 0 unspecified atom stereocenters. The molecular weight excluding hydrogens is 98.1 g/mol. The van der Waals surface area contributed by atoms with E-state index in [1.165, 1.54) is 0 Å². The Morgan fingerprint density at radius 1 is 1.62 bits per heavy atom. The highest BCUT2D eigenvalue weighted by Crippen LogP contribution is 1.90. The van der Waals surface area contributed by atoms with Crippen molar-refractivity contribution in [2.45, 2.75) is 6.92 Å². The van der Waals surface area contributed by atoms with Crippen LogP contribution in [0.3, 0.4) is 0 Å². The number of rotatable bonds is 0. The van der Waals surface area contributed by atoms with Crippen molar-refractivity contribution < 1.29 is 0 Å². The normalized spacial score (nSPS) is 7.62. The zero-order valence-corrected chi connectivity index (χ0v) is 4.73. The molecule has 0 saturated carbocycles. The molecule has 1 aromatic rings. The van der Waals surface area contributed by atoms with Crippen molar-refractivity contribution in [1.82, 2.24) is 4.98 Å². The molecule has 1 nitrogen and oxygen atoms in total. The van der Waals surface area contributed by atoms with E-state index in [2.05, 4.69) is 16.8 Å². The van der Waals surface area contributed by atoms with Crippen LogP contribution < -0.4 is 0 Å². The molecule has 0 radical (unpaired) electrons. The first-order valence-corrected chi connectivity index (χ1v) is 2.49. The van der Waals surface area contributed by atoms with E-state index in [0.29, 0.717) is 0 Å². The largest absolute Gasteiger partial charge is 0.367 e. The zero-order valence-electron chi connectivity index (χ0n) is 4.73. The summed E-state index contributed by atoms with van der Waals surface area (Å²) in [4.78, 5) is 2.91. The second-order valence-corrected chi connectivity index (χ2v) is 1.47. The van der Waals surface area contributed by atoms with Gasteiger partial charge in [-0.3, -0.25) is 0 Å². The maximum absolute atomic E-state index is 2.91. The van der Waals surface area contributed by atoms with Gasteiger partial charge >= 0.3 is 0 Å². The van der Waals surface area contributed by atoms with Gasteiger partial charge in [0, 0.05) is 18.0 Å². The van der Waals surface area contributed by atoms with Crippen LogP contribution in [-0.2, 0) is 0 Å². The highest BCUT2D eigenvalue weighted by molar-refractivity contribution is 5.30. The molecular formula is C7H7N. The van der Waals surface area contributed by atoms with E-state index < -0.39 is 0 Å². The van der Waals surface area contributed by atoms with Crippen LogP contribution in [0.15, 0.2) is 18.5 Å². The molecule has 1 heteroatoms. The lowest BCUT2D eigenvalue weighted by atomic mass is 10.3. The average molecular weight is 105 g/mol. The molecule has 0 fully saturated rings. The van der Waals surface area contributed by atoms with Gasteiger partial charge in [0.1, 0.15) is 0 Å². The molecule has 1 heterocycles. The molecule has 1 rings (SSSR count). The van der Waals surface area contributed by atoms with Crippen molar-refractivity contribution in [2.24, 2.45) is 0 Å². The Balaban J connectivity index is 2.88. The molecule has 1 aromatic heterocycles. The van der Waals surface area contributed by atoms with Gasteiger partial charge in [0.2, 0.25) is 0 Å². The highest BCUT2D eigenvalue weighted by Gasteiger charge is 1.78. The van der Waals surface area contributed by atoms with Crippen LogP contribution >= 0.6 is 0 Å². The lowest BCUT2D eigenvalue weighted by Crippen LogP contribution is -1.59. The van der Waals surface area contributed by atoms with Crippen molar-refractivity contribution >= 4 is 0 Å². The minimum atomic E-state index is 1.05. The Hall–Kier alpha value is -1.16. The third kappa shape index (κ3) is 0.913. The second-order valence-electron chi connectivity index (χ2n) is 1.47. The van der Waals surface area contributed by atoms with Crippen molar-refractivity contribution in [1.29, 1.82) is 0 Å². The Bertz CT molecular complexity index is 198. The van der Waals surface area contributed by atoms with Gasteiger partial charge in [-0.15, -0.1) is 5.92 Å². The predicted molar refractivity (Wildman–Crippen MR) is 33.3 cm³/mol. The highest BCUT2D eigenvalue weighted by atomic mass is 14.6. The van der Waals surface area contributed by atoms with Gasteiger partial charge in [-0.2, -0.15) is 0 Å². The van der Waals surface area contributed by atoms with Crippen LogP contribution in [-0.4, -0.2) is 4.98 Å². The molecule has 0 saturated heterocycles. The van der Waals surface area contributed by atoms with Crippen LogP contribution in [0.1, 0.15) is 12.5 Å². The van der Waals surface area contributed by atoms with E-state index in [0.717, 1.165) is 5.56 Å². The smallest absolute Gasteiger partial charge is 0.0419 e. The van der Waals surface area contributed by atoms with E-state index in [-0.39, 0.29) is 0 Å². The summed E-state index contributed by atoms with van der Waals surface area (Å²) in [5.74, 6) is 5.71. The fraction of sp³-hybridized carbons (Fsp3) is 0.143. The maximum Gasteiger partial charge on any atom is 0.0419 e. The Labute approximate surface area is 48.7 Å². The summed E-state index contributed by atoms with van der Waals surface area (Å²) in [6, 6.07) is 1.94. The van der Waals surface area contributed by atoms with Crippen molar-refractivity contribution in [3.05, 3.63) is 24.0 Å². The Morgan fingerprint density at radius 3 is 3.00 bits per heavy atom. The number of nitrogens with one attached hydrogen (secondary N) is 1. The molecule has 0 aliphatic carbocycles. The molecule has 0 amide bonds. The first kappa shape index (κ1) is 4.99. The van der Waals surface area contributed by atoms with Gasteiger partial charge in [-0.05, 0) is 13.0 Å². The molecule has 0 aliphatic rings. The van der Waals surface area contributed by atoms with E-state index in [9.17, 15) is 0 Å². The molecule has 0 atom stereocenters. The third-order valence-electron chi connectivity index (χ3n) is 0.867. The van der Waals surface area contributed by atoms with E-state index in [1.54, 1.807) is 0 Å². The third-order valence-corrected chi connectivity index (χ3v) is 0.867. The van der Waals surface area contributed by atoms with Crippen molar-refractivity contribution in [2.75, 3.05) is 0 Å². The number of aromatic nitrogens is 1. The molecule has 40 valence electrons. The van der Waals surface area contributed by atoms with Crippen LogP contribution in [0.5, 0.6) is 0 Å². The average Bonchev–Trinajstić information content (AvgIpc) is 2.19. The van der Waals surface area contributed by atoms with Crippen LogP contribution in [0, 0.1) is 11.8 Å². The summed E-state index contributed by atoms with van der Waals surface area (Å²) in [6.45, 7) is 1.83. The summed E-state index contributed by atoms with van der Waals surface area (Å²) in [6.07, 6.45) is 3.73. The van der Waals surface area contributed by atoms with Gasteiger partial charge in [0.25, 0.3) is 0 Å². The first-order chi connectivity index (χ1) is 3.93. The number of aromatic amines is 1. The molecule has 0 spiro atoms. The second kappa shape index (κ2) is 2.23. The van der Waals surface area contributed by atoms with E-state index >= 15 is 0 Å². The predicted octanol–water partition coefficient (Wildman–Crippen LogP) is 1.39. The Morgan fingerprint density at radius 2 is 2.50 bits per heavy atom. The number of hydrogen-bond donors (Lipinski definition) is 1. The monoisotopic (exact) mass is 105 g/mol. The standard InChI is InChI=1S/C7H7N/c1-2-3-7-4-5-8-6-7/h4-6,8H,1H3. The molecule has 1 N–H and O–H groups in total. The summed E-state index contributed by atoms with van der Waals surface area (Å²) < 4.78 is 0.